The Morgan fingerprint density at radius 2 is 1.95 bits per heavy atom. The molecule has 22 heavy (non-hydrogen) atoms. The van der Waals surface area contributed by atoms with Crippen LogP contribution in [0.2, 0.25) is 0 Å². The number of methoxy groups -OCH3 is 1. The van der Waals surface area contributed by atoms with Gasteiger partial charge in [0.25, 0.3) is 0 Å². The smallest absolute Gasteiger partial charge is 0.343 e. The van der Waals surface area contributed by atoms with Gasteiger partial charge in [-0.05, 0) is 35.9 Å². The molecule has 6 heteroatoms. The lowest BCUT2D eigenvalue weighted by atomic mass is 10.1. The van der Waals surface area contributed by atoms with E-state index in [1.165, 1.54) is 19.2 Å². The van der Waals surface area contributed by atoms with Gasteiger partial charge in [-0.15, -0.1) is 0 Å². The van der Waals surface area contributed by atoms with Gasteiger partial charge in [-0.2, -0.15) is 0 Å². The van der Waals surface area contributed by atoms with Crippen molar-refractivity contribution < 1.29 is 23.5 Å². The molecule has 4 nitrogen and oxygen atoms in total. The number of rotatable bonds is 4. The quantitative estimate of drug-likeness (QED) is 0.613. The van der Waals surface area contributed by atoms with Crippen molar-refractivity contribution in [1.82, 2.24) is 0 Å². The maximum absolute atomic E-state index is 13.9. The maximum Gasteiger partial charge on any atom is 0.343 e. The third-order valence-electron chi connectivity index (χ3n) is 2.84. The molecular formula is C16H12BrFO4. The highest BCUT2D eigenvalue weighted by Gasteiger charge is 2.13. The number of carbonyl (C=O) groups is 2. The summed E-state index contributed by atoms with van der Waals surface area (Å²) in [5, 5.41) is 0. The molecule has 0 fully saturated rings. The molecule has 114 valence electrons. The van der Waals surface area contributed by atoms with E-state index in [1.54, 1.807) is 24.3 Å². The van der Waals surface area contributed by atoms with E-state index in [1.807, 2.05) is 0 Å². The van der Waals surface area contributed by atoms with Crippen LogP contribution >= 0.6 is 15.9 Å². The number of halogens is 2. The summed E-state index contributed by atoms with van der Waals surface area (Å²) in [4.78, 5) is 23.1. The summed E-state index contributed by atoms with van der Waals surface area (Å²) in [5.74, 6) is -2.05. The summed E-state index contributed by atoms with van der Waals surface area (Å²) in [7, 11) is 1.26. The van der Waals surface area contributed by atoms with Crippen LogP contribution < -0.4 is 4.74 Å². The Kier molecular flexibility index (Phi) is 5.27. The van der Waals surface area contributed by atoms with E-state index in [0.717, 1.165) is 10.5 Å². The molecule has 2 aromatic rings. The zero-order valence-electron chi connectivity index (χ0n) is 11.6. The van der Waals surface area contributed by atoms with E-state index in [0.29, 0.717) is 11.1 Å². The Balaban J connectivity index is 2.13. The third kappa shape index (κ3) is 4.14. The van der Waals surface area contributed by atoms with Crippen molar-refractivity contribution in [3.05, 3.63) is 63.9 Å². The van der Waals surface area contributed by atoms with Crippen LogP contribution in [0.4, 0.5) is 4.39 Å². The van der Waals surface area contributed by atoms with E-state index in [9.17, 15) is 14.0 Å². The minimum absolute atomic E-state index is 0.0483. The molecule has 0 aliphatic carbocycles. The second-order valence-corrected chi connectivity index (χ2v) is 5.33. The van der Waals surface area contributed by atoms with Gasteiger partial charge in [0.1, 0.15) is 0 Å². The fourth-order valence-corrected chi connectivity index (χ4v) is 2.15. The minimum atomic E-state index is -0.718. The second kappa shape index (κ2) is 7.17. The molecule has 0 saturated carbocycles. The molecule has 0 atom stereocenters. The van der Waals surface area contributed by atoms with Crippen LogP contribution in [0, 0.1) is 5.82 Å². The number of benzene rings is 2. The van der Waals surface area contributed by atoms with Gasteiger partial charge in [-0.25, -0.2) is 9.18 Å². The number of hydrogen-bond donors (Lipinski definition) is 0. The van der Waals surface area contributed by atoms with Crippen molar-refractivity contribution in [1.29, 1.82) is 0 Å². The van der Waals surface area contributed by atoms with Crippen LogP contribution in [-0.2, 0) is 16.0 Å². The van der Waals surface area contributed by atoms with Crippen molar-refractivity contribution in [2.24, 2.45) is 0 Å². The number of ether oxygens (including phenoxy) is 2. The van der Waals surface area contributed by atoms with Gasteiger partial charge in [0.15, 0.2) is 11.6 Å². The first kappa shape index (κ1) is 16.2. The monoisotopic (exact) mass is 366 g/mol. The van der Waals surface area contributed by atoms with Gasteiger partial charge in [0, 0.05) is 4.47 Å². The minimum Gasteiger partial charge on any atom is -0.469 e. The Morgan fingerprint density at radius 1 is 1.18 bits per heavy atom. The van der Waals surface area contributed by atoms with Crippen molar-refractivity contribution in [3.63, 3.8) is 0 Å². The summed E-state index contributed by atoms with van der Waals surface area (Å²) in [5.41, 5.74) is 0.735. The highest BCUT2D eigenvalue weighted by atomic mass is 79.9. The first-order valence-corrected chi connectivity index (χ1v) is 7.12. The van der Waals surface area contributed by atoms with Gasteiger partial charge >= 0.3 is 11.9 Å². The lowest BCUT2D eigenvalue weighted by Gasteiger charge is -2.07. The zero-order valence-corrected chi connectivity index (χ0v) is 13.2. The molecule has 0 aliphatic rings. The lowest BCUT2D eigenvalue weighted by Crippen LogP contribution is -2.10. The predicted molar refractivity (Wildman–Crippen MR) is 81.2 cm³/mol. The Hall–Kier alpha value is -2.21. The Labute approximate surface area is 135 Å². The molecule has 0 unspecified atom stereocenters. The fourth-order valence-electron chi connectivity index (χ4n) is 1.75. The SMILES string of the molecule is COC(=O)Cc1ccc(OC(=O)c2cccc(Br)c2)c(F)c1. The molecule has 0 aliphatic heterocycles. The van der Waals surface area contributed by atoms with Crippen LogP contribution in [0.3, 0.4) is 0 Å². The highest BCUT2D eigenvalue weighted by Crippen LogP contribution is 2.21. The second-order valence-electron chi connectivity index (χ2n) is 4.42. The maximum atomic E-state index is 13.9. The first-order chi connectivity index (χ1) is 10.5. The van der Waals surface area contributed by atoms with Gasteiger partial charge in [0.2, 0.25) is 0 Å². The molecule has 0 heterocycles. The topological polar surface area (TPSA) is 52.6 Å². The van der Waals surface area contributed by atoms with E-state index < -0.39 is 17.8 Å². The molecule has 0 N–H and O–H groups in total. The molecule has 0 amide bonds. The molecule has 0 radical (unpaired) electrons. The molecule has 0 bridgehead atoms. The zero-order chi connectivity index (χ0) is 16.1. The predicted octanol–water partition coefficient (Wildman–Crippen LogP) is 3.52. The molecule has 2 aromatic carbocycles. The molecule has 0 saturated heterocycles. The summed E-state index contributed by atoms with van der Waals surface area (Å²) >= 11 is 3.24. The van der Waals surface area contributed by atoms with Crippen molar-refractivity contribution in [2.75, 3.05) is 7.11 Å². The number of hydrogen-bond acceptors (Lipinski definition) is 4. The fraction of sp³-hybridized carbons (Fsp3) is 0.125. The van der Waals surface area contributed by atoms with Crippen LogP contribution in [0.1, 0.15) is 15.9 Å². The Bertz CT molecular complexity index is 715. The molecule has 0 aromatic heterocycles. The molecule has 0 spiro atoms. The normalized spacial score (nSPS) is 10.1. The van der Waals surface area contributed by atoms with E-state index >= 15 is 0 Å². The van der Waals surface area contributed by atoms with Gasteiger partial charge in [-0.1, -0.05) is 28.1 Å². The molecular weight excluding hydrogens is 355 g/mol. The molecule has 2 rings (SSSR count). The van der Waals surface area contributed by atoms with Crippen LogP contribution in [-0.4, -0.2) is 19.0 Å². The van der Waals surface area contributed by atoms with Crippen LogP contribution in [0.25, 0.3) is 0 Å². The first-order valence-electron chi connectivity index (χ1n) is 6.32. The summed E-state index contributed by atoms with van der Waals surface area (Å²) in [6, 6.07) is 10.5. The van der Waals surface area contributed by atoms with Crippen molar-refractivity contribution >= 4 is 27.9 Å². The summed E-state index contributed by atoms with van der Waals surface area (Å²) < 4.78 is 24.2. The number of carbonyl (C=O) groups excluding carboxylic acids is 2. The van der Waals surface area contributed by atoms with Crippen LogP contribution in [0.5, 0.6) is 5.75 Å². The average molecular weight is 367 g/mol. The van der Waals surface area contributed by atoms with Gasteiger partial charge in [-0.3, -0.25) is 4.79 Å². The number of esters is 2. The van der Waals surface area contributed by atoms with Gasteiger partial charge < -0.3 is 9.47 Å². The van der Waals surface area contributed by atoms with Gasteiger partial charge in [0.05, 0.1) is 19.1 Å². The largest absolute Gasteiger partial charge is 0.469 e. The van der Waals surface area contributed by atoms with E-state index in [2.05, 4.69) is 20.7 Å². The van der Waals surface area contributed by atoms with Crippen molar-refractivity contribution in [2.45, 2.75) is 6.42 Å². The summed E-state index contributed by atoms with van der Waals surface area (Å²) in [6.45, 7) is 0. The lowest BCUT2D eigenvalue weighted by molar-refractivity contribution is -0.139. The van der Waals surface area contributed by atoms with Crippen LogP contribution in [0.15, 0.2) is 46.9 Å². The average Bonchev–Trinajstić information content (AvgIpc) is 2.49. The van der Waals surface area contributed by atoms with E-state index in [-0.39, 0.29) is 12.2 Å². The van der Waals surface area contributed by atoms with Crippen molar-refractivity contribution in [3.8, 4) is 5.75 Å². The standard InChI is InChI=1S/C16H12BrFO4/c1-21-15(19)8-10-5-6-14(13(18)7-10)22-16(20)11-3-2-4-12(17)9-11/h2-7,9H,8H2,1H3. The Morgan fingerprint density at radius 3 is 2.59 bits per heavy atom. The third-order valence-corrected chi connectivity index (χ3v) is 3.33. The summed E-state index contributed by atoms with van der Waals surface area (Å²) in [6.07, 6.45) is -0.0483. The van der Waals surface area contributed by atoms with E-state index in [4.69, 9.17) is 4.74 Å². The highest BCUT2D eigenvalue weighted by molar-refractivity contribution is 9.10.